The van der Waals surface area contributed by atoms with E-state index in [2.05, 4.69) is 72.8 Å². The van der Waals surface area contributed by atoms with E-state index in [0.29, 0.717) is 18.6 Å². The van der Waals surface area contributed by atoms with Gasteiger partial charge in [0.1, 0.15) is 0 Å². The van der Waals surface area contributed by atoms with Crippen LogP contribution in [0.2, 0.25) is 0 Å². The van der Waals surface area contributed by atoms with E-state index < -0.39 is 11.5 Å². The van der Waals surface area contributed by atoms with Gasteiger partial charge in [0.05, 0.1) is 12.7 Å². The first-order chi connectivity index (χ1) is 15.4. The van der Waals surface area contributed by atoms with Crippen molar-refractivity contribution in [3.8, 4) is 0 Å². The first-order valence-corrected chi connectivity index (χ1v) is 12.9. The lowest BCUT2D eigenvalue weighted by Crippen LogP contribution is -2.59. The lowest BCUT2D eigenvalue weighted by molar-refractivity contribution is -0.178. The van der Waals surface area contributed by atoms with Gasteiger partial charge in [-0.15, -0.1) is 0 Å². The Bertz CT molecular complexity index is 886. The number of carbonyl (C=O) groups excluding carboxylic acids is 1. The summed E-state index contributed by atoms with van der Waals surface area (Å²) in [5, 5.41) is 21.0. The molecule has 0 aromatic carbocycles. The summed E-state index contributed by atoms with van der Waals surface area (Å²) < 4.78 is 0. The number of aliphatic hydroxyl groups is 2. The van der Waals surface area contributed by atoms with Crippen molar-refractivity contribution in [2.45, 2.75) is 99.5 Å². The summed E-state index contributed by atoms with van der Waals surface area (Å²) in [4.78, 5) is 13.4. The van der Waals surface area contributed by atoms with Crippen molar-refractivity contribution in [2.75, 3.05) is 6.61 Å². The summed E-state index contributed by atoms with van der Waals surface area (Å²) in [6.45, 7) is 15.2. The van der Waals surface area contributed by atoms with Crippen LogP contribution in [0.3, 0.4) is 0 Å². The summed E-state index contributed by atoms with van der Waals surface area (Å²) in [7, 11) is 0. The summed E-state index contributed by atoms with van der Waals surface area (Å²) in [5.41, 5.74) is 4.19. The smallest absolute Gasteiger partial charge is 0.160 e. The topological polar surface area (TPSA) is 57.5 Å². The largest absolute Gasteiger partial charge is 0.396 e. The molecule has 33 heavy (non-hydrogen) atoms. The molecule has 1 unspecified atom stereocenters. The van der Waals surface area contributed by atoms with Crippen LogP contribution < -0.4 is 0 Å². The highest BCUT2D eigenvalue weighted by Gasteiger charge is 2.65. The molecular weight excluding hydrogens is 408 g/mol. The zero-order valence-corrected chi connectivity index (χ0v) is 22.0. The van der Waals surface area contributed by atoms with E-state index in [-0.39, 0.29) is 29.3 Å². The van der Waals surface area contributed by atoms with Crippen LogP contribution in [-0.4, -0.2) is 28.7 Å². The third kappa shape index (κ3) is 4.60. The van der Waals surface area contributed by atoms with Gasteiger partial charge in [-0.25, -0.2) is 0 Å². The molecule has 3 heteroatoms. The minimum atomic E-state index is -0.480. The highest BCUT2D eigenvalue weighted by molar-refractivity contribution is 6.00. The fourth-order valence-electron chi connectivity index (χ4n) is 7.72. The van der Waals surface area contributed by atoms with E-state index in [0.717, 1.165) is 43.3 Å². The Labute approximate surface area is 201 Å². The van der Waals surface area contributed by atoms with E-state index in [1.807, 2.05) is 0 Å². The molecule has 3 aliphatic carbocycles. The summed E-state index contributed by atoms with van der Waals surface area (Å²) in [6, 6.07) is 0. The minimum absolute atomic E-state index is 0.00949. The zero-order chi connectivity index (χ0) is 24.6. The van der Waals surface area contributed by atoms with Crippen molar-refractivity contribution in [3.05, 3.63) is 46.6 Å². The van der Waals surface area contributed by atoms with Crippen LogP contribution in [0.1, 0.15) is 93.4 Å². The SMILES string of the molecule is CC(C)=CCC/C(C)=C/C=C/C(C)=C1\C(=O)C[C@H]2[C@@]3(C)CC[C@H](O)[C@](C)(CO)C3CC[C@]12C. The molecule has 3 rings (SSSR count). The fraction of sp³-hybridized carbons (Fsp3) is 0.700. The molecule has 3 nitrogen and oxygen atoms in total. The first-order valence-electron chi connectivity index (χ1n) is 12.9. The molecule has 0 bridgehead atoms. The number of rotatable bonds is 6. The second-order valence-electron chi connectivity index (χ2n) is 12.2. The lowest BCUT2D eigenvalue weighted by Gasteiger charge is -2.62. The van der Waals surface area contributed by atoms with Crippen molar-refractivity contribution in [3.63, 3.8) is 0 Å². The van der Waals surface area contributed by atoms with Gasteiger partial charge in [0, 0.05) is 22.8 Å². The van der Waals surface area contributed by atoms with Gasteiger partial charge >= 0.3 is 0 Å². The van der Waals surface area contributed by atoms with Crippen molar-refractivity contribution >= 4 is 5.78 Å². The molecule has 0 spiro atoms. The number of hydrogen-bond acceptors (Lipinski definition) is 3. The number of allylic oxidation sites excluding steroid dienone is 8. The van der Waals surface area contributed by atoms with E-state index in [9.17, 15) is 15.0 Å². The van der Waals surface area contributed by atoms with Crippen molar-refractivity contribution in [2.24, 2.45) is 28.1 Å². The van der Waals surface area contributed by atoms with Crippen molar-refractivity contribution in [1.29, 1.82) is 0 Å². The van der Waals surface area contributed by atoms with Gasteiger partial charge in [-0.1, -0.05) is 56.2 Å². The number of Topliss-reactive ketones (excluding diaryl/α,β-unsaturated/α-hetero) is 1. The highest BCUT2D eigenvalue weighted by Crippen LogP contribution is 2.69. The maximum Gasteiger partial charge on any atom is 0.160 e. The predicted octanol–water partition coefficient (Wildman–Crippen LogP) is 6.72. The Balaban J connectivity index is 1.87. The van der Waals surface area contributed by atoms with E-state index in [1.54, 1.807) is 0 Å². The second kappa shape index (κ2) is 9.66. The molecule has 0 aromatic rings. The molecule has 0 heterocycles. The standard InChI is InChI=1S/C30H46O3/c1-20(2)10-8-11-21(3)12-9-13-22(4)27-23(32)18-25-28(5)17-15-26(33)30(7,19-31)24(28)14-16-29(25,27)6/h9-10,12-13,24-26,31,33H,8,11,14-19H2,1-7H3/b13-9+,21-12+,27-22+/t24?,25-,26-,28-,29-,30+/m0/s1. The molecule has 6 atom stereocenters. The van der Waals surface area contributed by atoms with E-state index in [4.69, 9.17) is 0 Å². The van der Waals surface area contributed by atoms with E-state index >= 15 is 0 Å². The van der Waals surface area contributed by atoms with Gasteiger partial charge in [0.2, 0.25) is 0 Å². The molecular formula is C30H46O3. The third-order valence-corrected chi connectivity index (χ3v) is 9.62. The maximum atomic E-state index is 13.4. The second-order valence-corrected chi connectivity index (χ2v) is 12.2. The number of aliphatic hydroxyl groups excluding tert-OH is 2. The van der Waals surface area contributed by atoms with Gasteiger partial charge in [-0.3, -0.25) is 4.79 Å². The highest BCUT2D eigenvalue weighted by atomic mass is 16.3. The molecule has 184 valence electrons. The monoisotopic (exact) mass is 454 g/mol. The number of fused-ring (bicyclic) bond motifs is 3. The first kappa shape index (κ1) is 26.2. The van der Waals surface area contributed by atoms with Gasteiger partial charge in [0.25, 0.3) is 0 Å². The summed E-state index contributed by atoms with van der Waals surface area (Å²) >= 11 is 0. The van der Waals surface area contributed by atoms with Crippen molar-refractivity contribution in [1.82, 2.24) is 0 Å². The minimum Gasteiger partial charge on any atom is -0.396 e. The Kier molecular flexibility index (Phi) is 7.66. The maximum absolute atomic E-state index is 13.4. The third-order valence-electron chi connectivity index (χ3n) is 9.62. The molecule has 0 saturated heterocycles. The zero-order valence-electron chi connectivity index (χ0n) is 22.0. The average molecular weight is 455 g/mol. The predicted molar refractivity (Wildman–Crippen MR) is 137 cm³/mol. The molecule has 0 radical (unpaired) electrons. The fourth-order valence-corrected chi connectivity index (χ4v) is 7.72. The summed E-state index contributed by atoms with van der Waals surface area (Å²) in [5.74, 6) is 0.813. The number of hydrogen-bond donors (Lipinski definition) is 2. The number of carbonyl (C=O) groups is 1. The molecule has 2 N–H and O–H groups in total. The molecule has 3 saturated carbocycles. The Morgan fingerprint density at radius 3 is 2.39 bits per heavy atom. The Morgan fingerprint density at radius 2 is 1.76 bits per heavy atom. The van der Waals surface area contributed by atoms with Crippen LogP contribution in [0.25, 0.3) is 0 Å². The Morgan fingerprint density at radius 1 is 1.06 bits per heavy atom. The van der Waals surface area contributed by atoms with Crippen LogP contribution in [0.4, 0.5) is 0 Å². The normalized spacial score (nSPS) is 40.6. The van der Waals surface area contributed by atoms with Crippen LogP contribution in [0.15, 0.2) is 46.6 Å². The quantitative estimate of drug-likeness (QED) is 0.266. The molecule has 0 aromatic heterocycles. The molecule has 3 fully saturated rings. The van der Waals surface area contributed by atoms with Gasteiger partial charge in [0.15, 0.2) is 5.78 Å². The van der Waals surface area contributed by atoms with Crippen LogP contribution >= 0.6 is 0 Å². The number of ketones is 1. The van der Waals surface area contributed by atoms with E-state index in [1.165, 1.54) is 11.1 Å². The summed E-state index contributed by atoms with van der Waals surface area (Å²) in [6.07, 6.45) is 14.5. The molecule has 3 aliphatic rings. The Hall–Kier alpha value is -1.45. The molecule has 0 aliphatic heterocycles. The van der Waals surface area contributed by atoms with Gasteiger partial charge in [-0.2, -0.15) is 0 Å². The van der Waals surface area contributed by atoms with Crippen LogP contribution in [-0.2, 0) is 4.79 Å². The van der Waals surface area contributed by atoms with Crippen LogP contribution in [0.5, 0.6) is 0 Å². The van der Waals surface area contributed by atoms with Crippen LogP contribution in [0, 0.1) is 28.1 Å². The average Bonchev–Trinajstić information content (AvgIpc) is 3.02. The van der Waals surface area contributed by atoms with Crippen molar-refractivity contribution < 1.29 is 15.0 Å². The van der Waals surface area contributed by atoms with Gasteiger partial charge < -0.3 is 10.2 Å². The van der Waals surface area contributed by atoms with Gasteiger partial charge in [-0.05, 0) is 89.0 Å². The molecule has 0 amide bonds. The lowest BCUT2D eigenvalue weighted by atomic mass is 9.43.